The normalized spacial score (nSPS) is 10.9. The molecule has 9 heteroatoms. The van der Waals surface area contributed by atoms with E-state index in [1.165, 1.54) is 11.8 Å². The average Bonchev–Trinajstić information content (AvgIpc) is 3.21. The summed E-state index contributed by atoms with van der Waals surface area (Å²) in [6, 6.07) is 7.81. The number of benzene rings is 1. The number of thioether (sulfide) groups is 1. The molecule has 0 radical (unpaired) electrons. The van der Waals surface area contributed by atoms with E-state index in [-0.39, 0.29) is 6.61 Å². The van der Waals surface area contributed by atoms with Gasteiger partial charge in [0.25, 0.3) is 11.1 Å². The fourth-order valence-corrected chi connectivity index (χ4v) is 2.76. The zero-order chi connectivity index (χ0) is 16.8. The van der Waals surface area contributed by atoms with E-state index in [1.54, 1.807) is 4.68 Å². The molecule has 0 aliphatic rings. The molecule has 0 aliphatic carbocycles. The van der Waals surface area contributed by atoms with Crippen molar-refractivity contribution in [2.75, 3.05) is 0 Å². The van der Waals surface area contributed by atoms with E-state index >= 15 is 0 Å². The molecule has 0 unspecified atom stereocenters. The smallest absolute Gasteiger partial charge is 0.277 e. The maximum absolute atomic E-state index is 5.65. The van der Waals surface area contributed by atoms with Gasteiger partial charge in [-0.3, -0.25) is 0 Å². The first-order valence-corrected chi connectivity index (χ1v) is 8.63. The first-order valence-electron chi connectivity index (χ1n) is 7.64. The fourth-order valence-electron chi connectivity index (χ4n) is 2.04. The molecule has 8 nitrogen and oxygen atoms in total. The highest BCUT2D eigenvalue weighted by Crippen LogP contribution is 2.21. The van der Waals surface area contributed by atoms with E-state index in [9.17, 15) is 0 Å². The molecule has 3 rings (SSSR count). The lowest BCUT2D eigenvalue weighted by Crippen LogP contribution is -2.04. The third kappa shape index (κ3) is 4.31. The van der Waals surface area contributed by atoms with E-state index in [1.807, 2.05) is 31.2 Å². The highest BCUT2D eigenvalue weighted by atomic mass is 32.2. The fraction of sp³-hybridized carbons (Fsp3) is 0.400. The van der Waals surface area contributed by atoms with Gasteiger partial charge in [0.05, 0.1) is 5.75 Å². The van der Waals surface area contributed by atoms with Gasteiger partial charge in [0.2, 0.25) is 0 Å². The van der Waals surface area contributed by atoms with Crippen molar-refractivity contribution in [2.45, 2.75) is 44.4 Å². The predicted molar refractivity (Wildman–Crippen MR) is 87.5 cm³/mol. The zero-order valence-corrected chi connectivity index (χ0v) is 14.4. The number of aromatic nitrogens is 6. The van der Waals surface area contributed by atoms with E-state index < -0.39 is 0 Å². The number of hydrogen-bond donors (Lipinski definition) is 0. The Bertz CT molecular complexity index is 788. The van der Waals surface area contributed by atoms with Gasteiger partial charge in [0.15, 0.2) is 12.4 Å². The van der Waals surface area contributed by atoms with Gasteiger partial charge >= 0.3 is 0 Å². The topological polar surface area (TPSA) is 91.8 Å². The highest BCUT2D eigenvalue weighted by molar-refractivity contribution is 7.98. The molecule has 24 heavy (non-hydrogen) atoms. The largest absolute Gasteiger partial charge is 0.484 e. The standard InChI is InChI=1S/C15H18N6O2S/c1-3-7-21-13(16-19-20-21)10-24-15-18-17-14(23-15)9-22-12-6-4-5-11(2)8-12/h4-6,8H,3,7,9-10H2,1-2H3. The summed E-state index contributed by atoms with van der Waals surface area (Å²) in [5.74, 6) is 2.58. The van der Waals surface area contributed by atoms with Gasteiger partial charge in [-0.15, -0.1) is 15.3 Å². The number of rotatable bonds is 8. The second-order valence-electron chi connectivity index (χ2n) is 5.17. The summed E-state index contributed by atoms with van der Waals surface area (Å²) in [6.45, 7) is 5.13. The molecular formula is C15H18N6O2S. The zero-order valence-electron chi connectivity index (χ0n) is 13.5. The first kappa shape index (κ1) is 16.4. The molecule has 126 valence electrons. The average molecular weight is 346 g/mol. The minimum atomic E-state index is 0.241. The predicted octanol–water partition coefficient (Wildman–Crippen LogP) is 2.65. The van der Waals surface area contributed by atoms with Crippen LogP contribution in [0.25, 0.3) is 0 Å². The summed E-state index contributed by atoms with van der Waals surface area (Å²) in [4.78, 5) is 0. The van der Waals surface area contributed by atoms with Crippen LogP contribution in [0.3, 0.4) is 0 Å². The summed E-state index contributed by atoms with van der Waals surface area (Å²) in [6.07, 6.45) is 0.976. The Morgan fingerprint density at radius 1 is 1.25 bits per heavy atom. The molecule has 0 fully saturated rings. The van der Waals surface area contributed by atoms with Crippen LogP contribution in [0.5, 0.6) is 5.75 Å². The van der Waals surface area contributed by atoms with Crippen LogP contribution in [0.2, 0.25) is 0 Å². The lowest BCUT2D eigenvalue weighted by Gasteiger charge is -2.03. The third-order valence-electron chi connectivity index (χ3n) is 3.17. The van der Waals surface area contributed by atoms with Crippen LogP contribution in [-0.4, -0.2) is 30.4 Å². The van der Waals surface area contributed by atoms with Crippen molar-refractivity contribution in [3.8, 4) is 5.75 Å². The molecule has 0 N–H and O–H groups in total. The van der Waals surface area contributed by atoms with E-state index in [0.29, 0.717) is 16.9 Å². The Balaban J connectivity index is 1.53. The Morgan fingerprint density at radius 2 is 2.17 bits per heavy atom. The Kier molecular flexibility index (Phi) is 5.42. The van der Waals surface area contributed by atoms with E-state index in [4.69, 9.17) is 9.15 Å². The lowest BCUT2D eigenvalue weighted by molar-refractivity contribution is 0.252. The van der Waals surface area contributed by atoms with Crippen LogP contribution in [-0.2, 0) is 18.9 Å². The maximum atomic E-state index is 5.65. The Labute approximate surface area is 143 Å². The van der Waals surface area contributed by atoms with Crippen molar-refractivity contribution in [2.24, 2.45) is 0 Å². The van der Waals surface area contributed by atoms with Gasteiger partial charge in [-0.25, -0.2) is 4.68 Å². The molecular weight excluding hydrogens is 328 g/mol. The van der Waals surface area contributed by atoms with Crippen LogP contribution in [0, 0.1) is 6.92 Å². The van der Waals surface area contributed by atoms with Crippen LogP contribution < -0.4 is 4.74 Å². The Hall–Kier alpha value is -2.42. The van der Waals surface area contributed by atoms with Gasteiger partial charge in [-0.05, 0) is 41.5 Å². The molecule has 0 amide bonds. The van der Waals surface area contributed by atoms with Crippen LogP contribution in [0.15, 0.2) is 33.9 Å². The summed E-state index contributed by atoms with van der Waals surface area (Å²) < 4.78 is 13.0. The molecule has 2 aromatic heterocycles. The lowest BCUT2D eigenvalue weighted by atomic mass is 10.2. The molecule has 1 aromatic carbocycles. The van der Waals surface area contributed by atoms with Gasteiger partial charge in [0.1, 0.15) is 5.75 Å². The second-order valence-corrected chi connectivity index (χ2v) is 6.10. The maximum Gasteiger partial charge on any atom is 0.277 e. The van der Waals surface area contributed by atoms with Crippen LogP contribution in [0.4, 0.5) is 0 Å². The SMILES string of the molecule is CCCn1nnnc1CSc1nnc(COc2cccc(C)c2)o1. The first-order chi connectivity index (χ1) is 11.7. The summed E-state index contributed by atoms with van der Waals surface area (Å²) >= 11 is 1.40. The molecule has 0 bridgehead atoms. The van der Waals surface area contributed by atoms with Crippen molar-refractivity contribution >= 4 is 11.8 Å². The third-order valence-corrected chi connectivity index (χ3v) is 3.98. The van der Waals surface area contributed by atoms with Crippen molar-refractivity contribution in [3.63, 3.8) is 0 Å². The molecule has 0 spiro atoms. The van der Waals surface area contributed by atoms with Gasteiger partial charge in [0, 0.05) is 6.54 Å². The summed E-state index contributed by atoms with van der Waals surface area (Å²) in [7, 11) is 0. The second kappa shape index (κ2) is 7.91. The molecule has 2 heterocycles. The molecule has 0 saturated heterocycles. The van der Waals surface area contributed by atoms with E-state index in [0.717, 1.165) is 30.1 Å². The molecule has 0 aliphatic heterocycles. The van der Waals surface area contributed by atoms with Crippen molar-refractivity contribution in [1.29, 1.82) is 0 Å². The van der Waals surface area contributed by atoms with Crippen LogP contribution >= 0.6 is 11.8 Å². The van der Waals surface area contributed by atoms with Gasteiger partial charge in [-0.2, -0.15) is 0 Å². The van der Waals surface area contributed by atoms with E-state index in [2.05, 4.69) is 32.6 Å². The molecule has 0 saturated carbocycles. The number of ether oxygens (including phenoxy) is 1. The van der Waals surface area contributed by atoms with Gasteiger partial charge in [-0.1, -0.05) is 30.8 Å². The monoisotopic (exact) mass is 346 g/mol. The number of hydrogen-bond acceptors (Lipinski definition) is 8. The van der Waals surface area contributed by atoms with Crippen LogP contribution in [0.1, 0.15) is 30.6 Å². The quantitative estimate of drug-likeness (QED) is 0.575. The molecule has 0 atom stereocenters. The van der Waals surface area contributed by atoms with Crippen molar-refractivity contribution < 1.29 is 9.15 Å². The minimum Gasteiger partial charge on any atom is -0.484 e. The summed E-state index contributed by atoms with van der Waals surface area (Å²) in [5, 5.41) is 20.1. The number of aryl methyl sites for hydroxylation is 2. The summed E-state index contributed by atoms with van der Waals surface area (Å²) in [5.41, 5.74) is 1.14. The van der Waals surface area contributed by atoms with Gasteiger partial charge < -0.3 is 9.15 Å². The number of tetrazole rings is 1. The highest BCUT2D eigenvalue weighted by Gasteiger charge is 2.11. The van der Waals surface area contributed by atoms with Crippen molar-refractivity contribution in [3.05, 3.63) is 41.5 Å². The van der Waals surface area contributed by atoms with Crippen molar-refractivity contribution in [1.82, 2.24) is 30.4 Å². The minimum absolute atomic E-state index is 0.241. The Morgan fingerprint density at radius 3 is 3.00 bits per heavy atom. The molecule has 3 aromatic rings. The number of nitrogens with zero attached hydrogens (tertiary/aromatic N) is 6.